The van der Waals surface area contributed by atoms with Crippen molar-refractivity contribution >= 4 is 33.2 Å². The lowest BCUT2D eigenvalue weighted by atomic mass is 10.0. The third-order valence-corrected chi connectivity index (χ3v) is 7.25. The van der Waals surface area contributed by atoms with Crippen molar-refractivity contribution in [2.75, 3.05) is 11.4 Å². The van der Waals surface area contributed by atoms with E-state index in [2.05, 4.69) is 24.4 Å². The lowest BCUT2D eigenvalue weighted by Gasteiger charge is -2.20. The van der Waals surface area contributed by atoms with Crippen molar-refractivity contribution in [2.24, 2.45) is 0 Å². The summed E-state index contributed by atoms with van der Waals surface area (Å²) in [6, 6.07) is 20.5. The maximum Gasteiger partial charge on any atom is 0.264 e. The van der Waals surface area contributed by atoms with Gasteiger partial charge in [-0.2, -0.15) is 0 Å². The Morgan fingerprint density at radius 1 is 0.968 bits per heavy atom. The monoisotopic (exact) mass is 456 g/mol. The molecule has 0 spiro atoms. The Morgan fingerprint density at radius 3 is 2.10 bits per heavy atom. The van der Waals surface area contributed by atoms with Crippen LogP contribution in [0.5, 0.6) is 0 Å². The van der Waals surface area contributed by atoms with E-state index in [1.165, 1.54) is 41.2 Å². The predicted octanol–water partition coefficient (Wildman–Crippen LogP) is 5.22. The van der Waals surface area contributed by atoms with E-state index in [1.54, 1.807) is 24.3 Å². The lowest BCUT2D eigenvalue weighted by Crippen LogP contribution is -2.28. The number of rotatable bonds is 7. The van der Waals surface area contributed by atoms with Gasteiger partial charge in [-0.15, -0.1) is 0 Å². The van der Waals surface area contributed by atoms with Gasteiger partial charge in [-0.3, -0.25) is 9.10 Å². The standard InChI is InChI=1S/C24H25ClN2O3S/c1-4-18-5-7-19(8-6-18)17(2)26-24(28)20-9-13-22(14-10-20)27(3)31(29,30)23-15-11-21(25)12-16-23/h5-17H,4H2,1-3H3,(H,26,28)/t17-/m1/s1. The number of nitrogens with zero attached hydrogens (tertiary/aromatic N) is 1. The van der Waals surface area contributed by atoms with Crippen LogP contribution in [0.2, 0.25) is 5.02 Å². The molecule has 0 saturated heterocycles. The molecule has 0 saturated carbocycles. The van der Waals surface area contributed by atoms with Crippen molar-refractivity contribution in [1.82, 2.24) is 5.32 Å². The number of anilines is 1. The average molecular weight is 457 g/mol. The second-order valence-electron chi connectivity index (χ2n) is 7.26. The Morgan fingerprint density at radius 2 is 1.55 bits per heavy atom. The fourth-order valence-electron chi connectivity index (χ4n) is 3.13. The molecule has 0 aliphatic rings. The summed E-state index contributed by atoms with van der Waals surface area (Å²) in [5.74, 6) is -0.221. The molecule has 1 amide bonds. The van der Waals surface area contributed by atoms with Gasteiger partial charge in [0, 0.05) is 17.6 Å². The summed E-state index contributed by atoms with van der Waals surface area (Å²) < 4.78 is 26.8. The molecule has 0 aliphatic carbocycles. The Kier molecular flexibility index (Phi) is 7.03. The molecule has 7 heteroatoms. The number of sulfonamides is 1. The fraction of sp³-hybridized carbons (Fsp3) is 0.208. The molecule has 3 aromatic rings. The second-order valence-corrected chi connectivity index (χ2v) is 9.67. The average Bonchev–Trinajstić information content (AvgIpc) is 2.79. The SMILES string of the molecule is CCc1ccc([C@@H](C)NC(=O)c2ccc(N(C)S(=O)(=O)c3ccc(Cl)cc3)cc2)cc1. The minimum absolute atomic E-state index is 0.143. The van der Waals surface area contributed by atoms with Gasteiger partial charge >= 0.3 is 0 Å². The van der Waals surface area contributed by atoms with Crippen LogP contribution in [0.3, 0.4) is 0 Å². The summed E-state index contributed by atoms with van der Waals surface area (Å²) in [5.41, 5.74) is 3.18. The van der Waals surface area contributed by atoms with E-state index in [0.29, 0.717) is 16.3 Å². The van der Waals surface area contributed by atoms with Crippen molar-refractivity contribution in [2.45, 2.75) is 31.2 Å². The first kappa shape index (κ1) is 22.8. The van der Waals surface area contributed by atoms with Gasteiger partial charge in [-0.05, 0) is 73.0 Å². The van der Waals surface area contributed by atoms with Crippen molar-refractivity contribution in [3.63, 3.8) is 0 Å². The van der Waals surface area contributed by atoms with Crippen LogP contribution in [0.1, 0.15) is 41.4 Å². The maximum atomic E-state index is 12.8. The first-order valence-electron chi connectivity index (χ1n) is 9.96. The number of carbonyl (C=O) groups is 1. The maximum absolute atomic E-state index is 12.8. The first-order valence-corrected chi connectivity index (χ1v) is 11.8. The number of hydrogen-bond donors (Lipinski definition) is 1. The molecule has 0 aromatic heterocycles. The second kappa shape index (κ2) is 9.54. The number of aryl methyl sites for hydroxylation is 1. The van der Waals surface area contributed by atoms with Crippen LogP contribution in [-0.4, -0.2) is 21.4 Å². The highest BCUT2D eigenvalue weighted by molar-refractivity contribution is 7.92. The molecule has 3 rings (SSSR count). The highest BCUT2D eigenvalue weighted by atomic mass is 35.5. The van der Waals surface area contributed by atoms with Crippen molar-refractivity contribution in [3.05, 3.63) is 94.5 Å². The van der Waals surface area contributed by atoms with Crippen LogP contribution in [0.15, 0.2) is 77.7 Å². The largest absolute Gasteiger partial charge is 0.346 e. The molecule has 1 atom stereocenters. The zero-order chi connectivity index (χ0) is 22.6. The summed E-state index contributed by atoms with van der Waals surface area (Å²) in [7, 11) is -2.26. The van der Waals surface area contributed by atoms with Crippen LogP contribution in [0, 0.1) is 0 Å². The number of nitrogens with one attached hydrogen (secondary N) is 1. The van der Waals surface area contributed by atoms with Gasteiger partial charge < -0.3 is 5.32 Å². The molecular weight excluding hydrogens is 432 g/mol. The van der Waals surface area contributed by atoms with Gasteiger partial charge in [0.05, 0.1) is 16.6 Å². The molecule has 0 aliphatic heterocycles. The number of hydrogen-bond acceptors (Lipinski definition) is 3. The van der Waals surface area contributed by atoms with Gasteiger partial charge in [0.25, 0.3) is 15.9 Å². The summed E-state index contributed by atoms with van der Waals surface area (Å²) in [6.45, 7) is 4.03. The highest BCUT2D eigenvalue weighted by Gasteiger charge is 2.21. The minimum atomic E-state index is -3.73. The first-order chi connectivity index (χ1) is 14.7. The molecule has 162 valence electrons. The zero-order valence-electron chi connectivity index (χ0n) is 17.7. The summed E-state index contributed by atoms with van der Waals surface area (Å²) in [6.07, 6.45) is 0.968. The number of halogens is 1. The molecule has 3 aromatic carbocycles. The van der Waals surface area contributed by atoms with Gasteiger partial charge in [0.2, 0.25) is 0 Å². The van der Waals surface area contributed by atoms with E-state index < -0.39 is 10.0 Å². The van der Waals surface area contributed by atoms with Crippen LogP contribution in [-0.2, 0) is 16.4 Å². The van der Waals surface area contributed by atoms with Gasteiger partial charge in [0.1, 0.15) is 0 Å². The topological polar surface area (TPSA) is 66.5 Å². The Labute approximate surface area is 188 Å². The molecule has 0 radical (unpaired) electrons. The van der Waals surface area contributed by atoms with E-state index in [-0.39, 0.29) is 16.8 Å². The van der Waals surface area contributed by atoms with E-state index in [1.807, 2.05) is 19.1 Å². The molecular formula is C24H25ClN2O3S. The Hall–Kier alpha value is -2.83. The van der Waals surface area contributed by atoms with Crippen LogP contribution < -0.4 is 9.62 Å². The highest BCUT2D eigenvalue weighted by Crippen LogP contribution is 2.24. The van der Waals surface area contributed by atoms with Gasteiger partial charge in [-0.1, -0.05) is 42.8 Å². The minimum Gasteiger partial charge on any atom is -0.346 e. The Balaban J connectivity index is 1.71. The third kappa shape index (κ3) is 5.27. The van der Waals surface area contributed by atoms with Gasteiger partial charge in [0.15, 0.2) is 0 Å². The van der Waals surface area contributed by atoms with Crippen LogP contribution in [0.25, 0.3) is 0 Å². The van der Waals surface area contributed by atoms with Crippen LogP contribution in [0.4, 0.5) is 5.69 Å². The third-order valence-electron chi connectivity index (χ3n) is 5.20. The van der Waals surface area contributed by atoms with Gasteiger partial charge in [-0.25, -0.2) is 8.42 Å². The molecule has 1 N–H and O–H groups in total. The molecule has 0 bridgehead atoms. The van der Waals surface area contributed by atoms with E-state index in [9.17, 15) is 13.2 Å². The Bertz CT molecular complexity index is 1140. The van der Waals surface area contributed by atoms with Crippen LogP contribution >= 0.6 is 11.6 Å². The number of benzene rings is 3. The zero-order valence-corrected chi connectivity index (χ0v) is 19.2. The summed E-state index contributed by atoms with van der Waals surface area (Å²) in [4.78, 5) is 12.8. The van der Waals surface area contributed by atoms with E-state index >= 15 is 0 Å². The molecule has 31 heavy (non-hydrogen) atoms. The lowest BCUT2D eigenvalue weighted by molar-refractivity contribution is 0.0940. The predicted molar refractivity (Wildman–Crippen MR) is 125 cm³/mol. The van der Waals surface area contributed by atoms with E-state index in [4.69, 9.17) is 11.6 Å². The number of amides is 1. The fourth-order valence-corrected chi connectivity index (χ4v) is 4.45. The summed E-state index contributed by atoms with van der Waals surface area (Å²) in [5, 5.41) is 3.44. The van der Waals surface area contributed by atoms with Crippen molar-refractivity contribution in [1.29, 1.82) is 0 Å². The van der Waals surface area contributed by atoms with E-state index in [0.717, 1.165) is 12.0 Å². The summed E-state index contributed by atoms with van der Waals surface area (Å²) >= 11 is 5.85. The molecule has 0 fully saturated rings. The normalized spacial score (nSPS) is 12.3. The van der Waals surface area contributed by atoms with Crippen molar-refractivity contribution < 1.29 is 13.2 Å². The molecule has 5 nitrogen and oxygen atoms in total. The molecule has 0 heterocycles. The smallest absolute Gasteiger partial charge is 0.264 e. The van der Waals surface area contributed by atoms with Crippen molar-refractivity contribution in [3.8, 4) is 0 Å². The quantitative estimate of drug-likeness (QED) is 0.530. The number of carbonyl (C=O) groups excluding carboxylic acids is 1. The molecule has 0 unspecified atom stereocenters.